The lowest BCUT2D eigenvalue weighted by atomic mass is 9.80. The summed E-state index contributed by atoms with van der Waals surface area (Å²) in [6, 6.07) is 1.90. The van der Waals surface area contributed by atoms with E-state index >= 15 is 0 Å². The third-order valence-electron chi connectivity index (χ3n) is 8.48. The minimum atomic E-state index is -0.0943. The lowest BCUT2D eigenvalue weighted by molar-refractivity contribution is -0.0159. The van der Waals surface area contributed by atoms with Crippen molar-refractivity contribution in [2.24, 2.45) is 11.8 Å². The Morgan fingerprint density at radius 2 is 0.667 bits per heavy atom. The minimum absolute atomic E-state index is 0.0914. The summed E-state index contributed by atoms with van der Waals surface area (Å²) in [4.78, 5) is 2.87. The second kappa shape index (κ2) is 10.8. The average Bonchev–Trinajstić information content (AvgIpc) is 2.77. The van der Waals surface area contributed by atoms with E-state index in [1.165, 1.54) is 25.7 Å². The van der Waals surface area contributed by atoms with E-state index in [1.54, 1.807) is 0 Å². The summed E-state index contributed by atoms with van der Waals surface area (Å²) in [6.45, 7) is 0. The number of hydrogen-bond acceptors (Lipinski definition) is 4. The maximum absolute atomic E-state index is 10.00. The smallest absolute Gasteiger partial charge is 0.0541 e. The first-order valence-electron chi connectivity index (χ1n) is 12.9. The van der Waals surface area contributed by atoms with E-state index in [4.69, 9.17) is 0 Å². The van der Waals surface area contributed by atoms with E-state index in [9.17, 15) is 15.3 Å². The van der Waals surface area contributed by atoms with Crippen LogP contribution in [0.1, 0.15) is 103 Å². The van der Waals surface area contributed by atoms with E-state index in [1.807, 2.05) is 0 Å². The Morgan fingerprint density at radius 1 is 0.400 bits per heavy atom. The Bertz CT molecular complexity index is 545. The van der Waals surface area contributed by atoms with Gasteiger partial charge in [-0.2, -0.15) is 0 Å². The molecule has 0 aliphatic heterocycles. The molecular formula is C26H43NO3. The van der Waals surface area contributed by atoms with Gasteiger partial charge in [0.25, 0.3) is 0 Å². The van der Waals surface area contributed by atoms with Crippen molar-refractivity contribution in [3.63, 3.8) is 0 Å². The van der Waals surface area contributed by atoms with Gasteiger partial charge in [0.15, 0.2) is 0 Å². The number of aliphatic hydroxyl groups is 3. The predicted octanol–water partition coefficient (Wildman–Crippen LogP) is 4.01. The van der Waals surface area contributed by atoms with Crippen molar-refractivity contribution < 1.29 is 15.3 Å². The summed E-state index contributed by atoms with van der Waals surface area (Å²) < 4.78 is 0. The molecule has 4 nitrogen and oxygen atoms in total. The largest absolute Gasteiger partial charge is 0.393 e. The van der Waals surface area contributed by atoms with Crippen molar-refractivity contribution in [2.75, 3.05) is 0 Å². The summed E-state index contributed by atoms with van der Waals surface area (Å²) in [6.07, 6.45) is 17.0. The van der Waals surface area contributed by atoms with E-state index in [-0.39, 0.29) is 18.3 Å². The molecule has 4 rings (SSSR count). The van der Waals surface area contributed by atoms with Gasteiger partial charge in [-0.05, 0) is 103 Å². The standard InChI is InChI=1S/C26H43NO3/c28-24-13-5-20(6-14-24)2-1-19-3-7-21(8-4-19)27(22-9-15-25(29)16-10-22)23-11-17-26(30)18-12-23/h19-26,28-30H,3-18H2. The Balaban J connectivity index is 1.33. The number of hydrogen-bond donors (Lipinski definition) is 3. The van der Waals surface area contributed by atoms with Gasteiger partial charge in [0.05, 0.1) is 18.3 Å². The summed E-state index contributed by atoms with van der Waals surface area (Å²) in [5.41, 5.74) is 0. The molecule has 30 heavy (non-hydrogen) atoms. The third-order valence-corrected chi connectivity index (χ3v) is 8.48. The summed E-state index contributed by atoms with van der Waals surface area (Å²) in [5, 5.41) is 29.7. The normalized spacial score (nSPS) is 43.1. The van der Waals surface area contributed by atoms with Crippen LogP contribution in [0.25, 0.3) is 0 Å². The molecule has 4 saturated carbocycles. The fourth-order valence-corrected chi connectivity index (χ4v) is 6.58. The van der Waals surface area contributed by atoms with Gasteiger partial charge < -0.3 is 15.3 Å². The molecule has 4 fully saturated rings. The zero-order chi connectivity index (χ0) is 20.9. The first-order valence-corrected chi connectivity index (χ1v) is 12.9. The van der Waals surface area contributed by atoms with E-state index in [0.29, 0.717) is 30.0 Å². The molecule has 0 saturated heterocycles. The van der Waals surface area contributed by atoms with Gasteiger partial charge in [-0.3, -0.25) is 4.90 Å². The quantitative estimate of drug-likeness (QED) is 0.607. The molecule has 0 amide bonds. The van der Waals surface area contributed by atoms with Gasteiger partial charge in [-0.15, -0.1) is 0 Å². The number of aliphatic hydroxyl groups excluding tert-OH is 3. The number of rotatable bonds is 3. The van der Waals surface area contributed by atoms with Crippen LogP contribution in [-0.4, -0.2) is 56.7 Å². The molecule has 0 spiro atoms. The average molecular weight is 418 g/mol. The van der Waals surface area contributed by atoms with Crippen LogP contribution in [0.4, 0.5) is 0 Å². The molecule has 0 aromatic heterocycles. The lowest BCUT2D eigenvalue weighted by Crippen LogP contribution is -2.53. The highest BCUT2D eigenvalue weighted by atomic mass is 16.3. The van der Waals surface area contributed by atoms with Crippen LogP contribution in [-0.2, 0) is 0 Å². The molecule has 3 N–H and O–H groups in total. The van der Waals surface area contributed by atoms with Gasteiger partial charge in [-0.25, -0.2) is 0 Å². The van der Waals surface area contributed by atoms with Gasteiger partial charge in [0, 0.05) is 30.0 Å². The van der Waals surface area contributed by atoms with Gasteiger partial charge in [0.1, 0.15) is 0 Å². The summed E-state index contributed by atoms with van der Waals surface area (Å²) in [5.74, 6) is 8.24. The van der Waals surface area contributed by atoms with Gasteiger partial charge >= 0.3 is 0 Å². The molecule has 170 valence electrons. The Labute approximate surface area is 183 Å². The monoisotopic (exact) mass is 417 g/mol. The zero-order valence-corrected chi connectivity index (χ0v) is 18.7. The van der Waals surface area contributed by atoms with Crippen molar-refractivity contribution in [1.82, 2.24) is 4.90 Å². The maximum atomic E-state index is 10.00. The van der Waals surface area contributed by atoms with E-state index in [0.717, 1.165) is 77.0 Å². The zero-order valence-electron chi connectivity index (χ0n) is 18.7. The summed E-state index contributed by atoms with van der Waals surface area (Å²) in [7, 11) is 0. The van der Waals surface area contributed by atoms with Crippen molar-refractivity contribution >= 4 is 0 Å². The fraction of sp³-hybridized carbons (Fsp3) is 0.923. The van der Waals surface area contributed by atoms with E-state index in [2.05, 4.69) is 16.7 Å². The molecule has 0 radical (unpaired) electrons. The Hall–Kier alpha value is -0.600. The molecule has 0 atom stereocenters. The second-order valence-corrected chi connectivity index (χ2v) is 10.7. The van der Waals surface area contributed by atoms with Crippen molar-refractivity contribution in [3.05, 3.63) is 0 Å². The van der Waals surface area contributed by atoms with Crippen LogP contribution >= 0.6 is 0 Å². The fourth-order valence-electron chi connectivity index (χ4n) is 6.58. The van der Waals surface area contributed by atoms with Crippen LogP contribution in [0.15, 0.2) is 0 Å². The van der Waals surface area contributed by atoms with Crippen molar-refractivity contribution in [2.45, 2.75) is 139 Å². The first-order chi connectivity index (χ1) is 14.6. The van der Waals surface area contributed by atoms with Gasteiger partial charge in [0.2, 0.25) is 0 Å². The highest BCUT2D eigenvalue weighted by molar-refractivity contribution is 5.09. The van der Waals surface area contributed by atoms with Crippen LogP contribution in [0, 0.1) is 23.7 Å². The van der Waals surface area contributed by atoms with Crippen LogP contribution in [0.2, 0.25) is 0 Å². The highest BCUT2D eigenvalue weighted by Crippen LogP contribution is 2.37. The summed E-state index contributed by atoms with van der Waals surface area (Å²) >= 11 is 0. The molecule has 4 aliphatic rings. The predicted molar refractivity (Wildman–Crippen MR) is 120 cm³/mol. The molecule has 0 aromatic carbocycles. The molecule has 0 heterocycles. The SMILES string of the molecule is OC1CCC(C#CC2CCC(N(C3CCC(O)CC3)C3CCC(O)CC3)CC2)CC1. The first kappa shape index (κ1) is 22.6. The number of nitrogens with zero attached hydrogens (tertiary/aromatic N) is 1. The maximum Gasteiger partial charge on any atom is 0.0541 e. The highest BCUT2D eigenvalue weighted by Gasteiger charge is 2.37. The molecular weight excluding hydrogens is 374 g/mol. The van der Waals surface area contributed by atoms with Crippen LogP contribution in [0.5, 0.6) is 0 Å². The van der Waals surface area contributed by atoms with Crippen LogP contribution < -0.4 is 0 Å². The van der Waals surface area contributed by atoms with Crippen molar-refractivity contribution in [1.29, 1.82) is 0 Å². The molecule has 0 unspecified atom stereocenters. The molecule has 0 bridgehead atoms. The molecule has 4 heteroatoms. The Kier molecular flexibility index (Phi) is 8.14. The van der Waals surface area contributed by atoms with Gasteiger partial charge in [-0.1, -0.05) is 11.8 Å². The third kappa shape index (κ3) is 6.00. The minimum Gasteiger partial charge on any atom is -0.393 e. The van der Waals surface area contributed by atoms with Crippen LogP contribution in [0.3, 0.4) is 0 Å². The van der Waals surface area contributed by atoms with E-state index < -0.39 is 0 Å². The topological polar surface area (TPSA) is 63.9 Å². The molecule has 0 aromatic rings. The lowest BCUT2D eigenvalue weighted by Gasteiger charge is -2.48. The Morgan fingerprint density at radius 3 is 1.03 bits per heavy atom. The second-order valence-electron chi connectivity index (χ2n) is 10.7. The molecule has 4 aliphatic carbocycles. The van der Waals surface area contributed by atoms with Crippen molar-refractivity contribution in [3.8, 4) is 11.8 Å².